The summed E-state index contributed by atoms with van der Waals surface area (Å²) in [6.07, 6.45) is 1.50. The number of methoxy groups -OCH3 is 1. The van der Waals surface area contributed by atoms with E-state index in [1.165, 1.54) is 13.2 Å². The highest BCUT2D eigenvalue weighted by molar-refractivity contribution is 9.10. The monoisotopic (exact) mass is 524 g/mol. The van der Waals surface area contributed by atoms with Crippen LogP contribution in [0.15, 0.2) is 64.6 Å². The van der Waals surface area contributed by atoms with Gasteiger partial charge in [0, 0.05) is 16.3 Å². The topological polar surface area (TPSA) is 71.3 Å². The number of carbonyl (C=O) groups is 1. The van der Waals surface area contributed by atoms with Gasteiger partial charge < -0.3 is 14.8 Å². The van der Waals surface area contributed by atoms with Crippen molar-refractivity contribution >= 4 is 45.2 Å². The molecule has 0 saturated heterocycles. The molecule has 1 N–H and O–H groups in total. The van der Waals surface area contributed by atoms with Crippen LogP contribution in [0.25, 0.3) is 6.08 Å². The molecule has 0 atom stereocenters. The summed E-state index contributed by atoms with van der Waals surface area (Å²) < 4.78 is 12.0. The van der Waals surface area contributed by atoms with Crippen LogP contribution < -0.4 is 14.8 Å². The summed E-state index contributed by atoms with van der Waals surface area (Å²) in [7, 11) is 1.52. The summed E-state index contributed by atoms with van der Waals surface area (Å²) in [6.45, 7) is 4.21. The standard InChI is InChI=1S/C26H22BrClN2O3/c1-16-8-9-21(10-17(16)2)30-26(31)20(14-29)11-18-12-22(27)25(24(13-18)32-3)33-15-19-6-4-5-7-23(19)28/h4-13H,15H2,1-3H3,(H,30,31)/b20-11+. The molecule has 0 heterocycles. The fraction of sp³-hybridized carbons (Fsp3) is 0.154. The largest absolute Gasteiger partial charge is 0.493 e. The van der Waals surface area contributed by atoms with Crippen LogP contribution in [0, 0.1) is 25.2 Å². The number of ether oxygens (including phenoxy) is 2. The van der Waals surface area contributed by atoms with Gasteiger partial charge in [0.1, 0.15) is 18.2 Å². The summed E-state index contributed by atoms with van der Waals surface area (Å²) in [5, 5.41) is 12.9. The van der Waals surface area contributed by atoms with Gasteiger partial charge in [-0.2, -0.15) is 5.26 Å². The van der Waals surface area contributed by atoms with E-state index in [2.05, 4.69) is 21.2 Å². The lowest BCUT2D eigenvalue weighted by Gasteiger charge is -2.14. The number of amides is 1. The lowest BCUT2D eigenvalue weighted by molar-refractivity contribution is -0.112. The molecule has 168 valence electrons. The van der Waals surface area contributed by atoms with Gasteiger partial charge in [-0.25, -0.2) is 0 Å². The zero-order valence-electron chi connectivity index (χ0n) is 18.4. The van der Waals surface area contributed by atoms with Crippen LogP contribution in [0.5, 0.6) is 11.5 Å². The first-order chi connectivity index (χ1) is 15.8. The summed E-state index contributed by atoms with van der Waals surface area (Å²) in [4.78, 5) is 12.7. The van der Waals surface area contributed by atoms with Crippen molar-refractivity contribution in [2.24, 2.45) is 0 Å². The van der Waals surface area contributed by atoms with Crippen molar-refractivity contribution in [3.05, 3.63) is 91.9 Å². The Morgan fingerprint density at radius 2 is 1.91 bits per heavy atom. The molecule has 3 rings (SSSR count). The van der Waals surface area contributed by atoms with E-state index in [9.17, 15) is 10.1 Å². The summed E-state index contributed by atoms with van der Waals surface area (Å²) in [6, 6.07) is 18.4. The van der Waals surface area contributed by atoms with E-state index in [4.69, 9.17) is 21.1 Å². The van der Waals surface area contributed by atoms with Crippen LogP contribution in [0.1, 0.15) is 22.3 Å². The summed E-state index contributed by atoms with van der Waals surface area (Å²) in [5.74, 6) is 0.456. The Kier molecular flexibility index (Phi) is 8.16. The van der Waals surface area contributed by atoms with Crippen molar-refractivity contribution in [3.63, 3.8) is 0 Å². The third-order valence-corrected chi connectivity index (χ3v) is 5.98. The first-order valence-electron chi connectivity index (χ1n) is 10.1. The molecular weight excluding hydrogens is 504 g/mol. The minimum atomic E-state index is -0.491. The molecule has 0 aromatic heterocycles. The van der Waals surface area contributed by atoms with Gasteiger partial charge >= 0.3 is 0 Å². The van der Waals surface area contributed by atoms with Crippen LogP contribution in [0.3, 0.4) is 0 Å². The van der Waals surface area contributed by atoms with Crippen LogP contribution in [0.2, 0.25) is 5.02 Å². The predicted octanol–water partition coefficient (Wildman–Crippen LogP) is 6.85. The van der Waals surface area contributed by atoms with Crippen LogP contribution in [-0.4, -0.2) is 13.0 Å². The number of nitrogens with one attached hydrogen (secondary N) is 1. The smallest absolute Gasteiger partial charge is 0.266 e. The molecular formula is C26H22BrClN2O3. The first-order valence-corrected chi connectivity index (χ1v) is 11.2. The zero-order valence-corrected chi connectivity index (χ0v) is 20.8. The molecule has 0 spiro atoms. The number of hydrogen-bond donors (Lipinski definition) is 1. The van der Waals surface area contributed by atoms with E-state index in [-0.39, 0.29) is 12.2 Å². The quantitative estimate of drug-likeness (QED) is 0.270. The molecule has 0 fully saturated rings. The Labute approximate surface area is 206 Å². The highest BCUT2D eigenvalue weighted by Gasteiger charge is 2.15. The van der Waals surface area contributed by atoms with Gasteiger partial charge in [-0.15, -0.1) is 0 Å². The van der Waals surface area contributed by atoms with Crippen molar-refractivity contribution < 1.29 is 14.3 Å². The molecule has 5 nitrogen and oxygen atoms in total. The fourth-order valence-corrected chi connectivity index (χ4v) is 3.83. The summed E-state index contributed by atoms with van der Waals surface area (Å²) >= 11 is 9.70. The molecule has 0 saturated carbocycles. The minimum absolute atomic E-state index is 0.0353. The maximum Gasteiger partial charge on any atom is 0.266 e. The number of halogens is 2. The van der Waals surface area contributed by atoms with Gasteiger partial charge in [0.25, 0.3) is 5.91 Å². The molecule has 1 amide bonds. The molecule has 0 aliphatic rings. The molecule has 33 heavy (non-hydrogen) atoms. The van der Waals surface area contributed by atoms with E-state index in [1.807, 2.05) is 50.2 Å². The molecule has 0 aliphatic heterocycles. The number of anilines is 1. The number of nitrogens with zero attached hydrogens (tertiary/aromatic N) is 1. The zero-order chi connectivity index (χ0) is 24.0. The Morgan fingerprint density at radius 1 is 1.15 bits per heavy atom. The van der Waals surface area contributed by atoms with Gasteiger partial charge in [-0.3, -0.25) is 4.79 Å². The maximum absolute atomic E-state index is 12.7. The minimum Gasteiger partial charge on any atom is -0.493 e. The van der Waals surface area contributed by atoms with Crippen molar-refractivity contribution in [3.8, 4) is 17.6 Å². The number of hydrogen-bond acceptors (Lipinski definition) is 4. The van der Waals surface area contributed by atoms with Gasteiger partial charge in [0.05, 0.1) is 11.6 Å². The highest BCUT2D eigenvalue weighted by Crippen LogP contribution is 2.38. The molecule has 7 heteroatoms. The third kappa shape index (κ3) is 6.16. The highest BCUT2D eigenvalue weighted by atomic mass is 79.9. The lowest BCUT2D eigenvalue weighted by atomic mass is 10.1. The molecule has 3 aromatic carbocycles. The summed E-state index contributed by atoms with van der Waals surface area (Å²) in [5.41, 5.74) is 4.22. The lowest BCUT2D eigenvalue weighted by Crippen LogP contribution is -2.13. The molecule has 3 aromatic rings. The Morgan fingerprint density at radius 3 is 2.58 bits per heavy atom. The number of carbonyl (C=O) groups excluding carboxylic acids is 1. The van der Waals surface area contributed by atoms with E-state index in [0.717, 1.165) is 16.7 Å². The Balaban J connectivity index is 1.83. The molecule has 0 radical (unpaired) electrons. The average Bonchev–Trinajstić information content (AvgIpc) is 2.79. The van der Waals surface area contributed by atoms with E-state index in [1.54, 1.807) is 24.3 Å². The van der Waals surface area contributed by atoms with Gasteiger partial charge in [-0.05, 0) is 82.9 Å². The second-order valence-electron chi connectivity index (χ2n) is 7.34. The Hall–Kier alpha value is -3.27. The van der Waals surface area contributed by atoms with Gasteiger partial charge in [0.15, 0.2) is 11.5 Å². The van der Waals surface area contributed by atoms with Crippen LogP contribution >= 0.6 is 27.5 Å². The second-order valence-corrected chi connectivity index (χ2v) is 8.60. The first kappa shape index (κ1) is 24.4. The van der Waals surface area contributed by atoms with Crippen LogP contribution in [-0.2, 0) is 11.4 Å². The molecule has 0 unspecified atom stereocenters. The van der Waals surface area contributed by atoms with Gasteiger partial charge in [-0.1, -0.05) is 35.9 Å². The number of benzene rings is 3. The van der Waals surface area contributed by atoms with Crippen molar-refractivity contribution in [1.29, 1.82) is 5.26 Å². The van der Waals surface area contributed by atoms with Crippen LogP contribution in [0.4, 0.5) is 5.69 Å². The molecule has 0 bridgehead atoms. The third-order valence-electron chi connectivity index (χ3n) is 5.02. The van der Waals surface area contributed by atoms with Crippen molar-refractivity contribution in [2.75, 3.05) is 12.4 Å². The normalized spacial score (nSPS) is 11.0. The van der Waals surface area contributed by atoms with E-state index < -0.39 is 5.91 Å². The maximum atomic E-state index is 12.7. The number of aryl methyl sites for hydroxylation is 2. The van der Waals surface area contributed by atoms with Crippen molar-refractivity contribution in [2.45, 2.75) is 20.5 Å². The number of nitriles is 1. The second kappa shape index (κ2) is 11.0. The molecule has 0 aliphatic carbocycles. The van der Waals surface area contributed by atoms with Gasteiger partial charge in [0.2, 0.25) is 0 Å². The Bertz CT molecular complexity index is 1260. The van der Waals surface area contributed by atoms with Crippen molar-refractivity contribution in [1.82, 2.24) is 0 Å². The van der Waals surface area contributed by atoms with E-state index in [0.29, 0.717) is 32.2 Å². The average molecular weight is 526 g/mol. The number of rotatable bonds is 7. The fourth-order valence-electron chi connectivity index (χ4n) is 3.06. The SMILES string of the molecule is COc1cc(/C=C(\C#N)C(=O)Nc2ccc(C)c(C)c2)cc(Br)c1OCc1ccccc1Cl. The van der Waals surface area contributed by atoms with E-state index >= 15 is 0 Å². The predicted molar refractivity (Wildman–Crippen MR) is 135 cm³/mol.